The van der Waals surface area contributed by atoms with Gasteiger partial charge in [-0.05, 0) is 43.3 Å². The van der Waals surface area contributed by atoms with Crippen molar-refractivity contribution in [3.8, 4) is 0 Å². The van der Waals surface area contributed by atoms with Crippen LogP contribution in [-0.2, 0) is 4.74 Å². The molecule has 0 aromatic rings. The molecule has 1 heteroatoms. The molecule has 1 saturated carbocycles. The van der Waals surface area contributed by atoms with Crippen LogP contribution < -0.4 is 0 Å². The van der Waals surface area contributed by atoms with Gasteiger partial charge in [-0.3, -0.25) is 0 Å². The molecule has 1 aliphatic carbocycles. The summed E-state index contributed by atoms with van der Waals surface area (Å²) in [5.74, 6) is 1.48. The molecule has 1 aliphatic rings. The van der Waals surface area contributed by atoms with E-state index in [2.05, 4.69) is 26.0 Å². The number of ether oxygens (including phenoxy) is 1. The molecule has 15 heavy (non-hydrogen) atoms. The highest BCUT2D eigenvalue weighted by Gasteiger charge is 2.09. The fourth-order valence-corrected chi connectivity index (χ4v) is 1.91. The zero-order chi connectivity index (χ0) is 10.9. The minimum absolute atomic E-state index is 0.715. The third kappa shape index (κ3) is 6.38. The van der Waals surface area contributed by atoms with Gasteiger partial charge in [-0.1, -0.05) is 33.1 Å². The van der Waals surface area contributed by atoms with Crippen LogP contribution in [0.1, 0.15) is 52.4 Å². The minimum atomic E-state index is 0.715. The van der Waals surface area contributed by atoms with E-state index in [1.807, 2.05) is 6.26 Å². The summed E-state index contributed by atoms with van der Waals surface area (Å²) in [6, 6.07) is 0. The van der Waals surface area contributed by atoms with Gasteiger partial charge in [0.1, 0.15) is 0 Å². The summed E-state index contributed by atoms with van der Waals surface area (Å²) < 4.78 is 5.33. The molecule has 1 fully saturated rings. The first-order valence-electron chi connectivity index (χ1n) is 6.26. The van der Waals surface area contributed by atoms with E-state index < -0.39 is 0 Å². The van der Waals surface area contributed by atoms with Crippen LogP contribution in [-0.4, -0.2) is 0 Å². The van der Waals surface area contributed by atoms with Crippen LogP contribution in [0.25, 0.3) is 0 Å². The van der Waals surface area contributed by atoms with Crippen molar-refractivity contribution in [2.45, 2.75) is 52.4 Å². The largest absolute Gasteiger partial charge is 0.473 e. The van der Waals surface area contributed by atoms with Crippen molar-refractivity contribution in [3.63, 3.8) is 0 Å². The molecule has 0 heterocycles. The van der Waals surface area contributed by atoms with Crippen molar-refractivity contribution in [2.24, 2.45) is 11.8 Å². The van der Waals surface area contributed by atoms with E-state index in [-0.39, 0.29) is 0 Å². The minimum Gasteiger partial charge on any atom is -0.473 e. The van der Waals surface area contributed by atoms with Crippen molar-refractivity contribution in [3.05, 3.63) is 24.7 Å². The Hall–Kier alpha value is -0.720. The van der Waals surface area contributed by atoms with Gasteiger partial charge in [0.25, 0.3) is 0 Å². The van der Waals surface area contributed by atoms with E-state index >= 15 is 0 Å². The lowest BCUT2D eigenvalue weighted by molar-refractivity contribution is 0.375. The van der Waals surface area contributed by atoms with E-state index in [1.165, 1.54) is 32.1 Å². The van der Waals surface area contributed by atoms with Gasteiger partial charge in [0.05, 0.1) is 12.5 Å². The summed E-state index contributed by atoms with van der Waals surface area (Å²) in [7, 11) is 0. The molecule has 86 valence electrons. The third-order valence-electron chi connectivity index (χ3n) is 2.86. The lowest BCUT2D eigenvalue weighted by Crippen LogP contribution is -2.02. The maximum Gasteiger partial charge on any atom is 0.0864 e. The predicted octanol–water partition coefficient (Wildman–Crippen LogP) is 4.66. The third-order valence-corrected chi connectivity index (χ3v) is 2.86. The molecule has 0 bridgehead atoms. The summed E-state index contributed by atoms with van der Waals surface area (Å²) in [6.45, 7) is 4.42. The molecular weight excluding hydrogens is 184 g/mol. The Labute approximate surface area is 94.2 Å². The van der Waals surface area contributed by atoms with Crippen LogP contribution in [0, 0.1) is 11.8 Å². The zero-order valence-corrected chi connectivity index (χ0v) is 10.1. The molecule has 0 aliphatic heterocycles. The van der Waals surface area contributed by atoms with Crippen LogP contribution in [0.5, 0.6) is 0 Å². The fourth-order valence-electron chi connectivity index (χ4n) is 1.91. The second-order valence-corrected chi connectivity index (χ2v) is 4.86. The van der Waals surface area contributed by atoms with Crippen LogP contribution >= 0.6 is 0 Å². The van der Waals surface area contributed by atoms with Crippen molar-refractivity contribution in [2.75, 3.05) is 0 Å². The van der Waals surface area contributed by atoms with Gasteiger partial charge in [-0.15, -0.1) is 0 Å². The molecule has 0 N–H and O–H groups in total. The number of hydrogen-bond acceptors (Lipinski definition) is 1. The smallest absolute Gasteiger partial charge is 0.0864 e. The molecule has 0 aromatic carbocycles. The topological polar surface area (TPSA) is 9.23 Å². The van der Waals surface area contributed by atoms with Crippen molar-refractivity contribution >= 4 is 0 Å². The van der Waals surface area contributed by atoms with Crippen LogP contribution in [0.15, 0.2) is 24.7 Å². The highest BCUT2D eigenvalue weighted by Crippen LogP contribution is 2.24. The maximum absolute atomic E-state index is 5.33. The average molecular weight is 208 g/mol. The van der Waals surface area contributed by atoms with Crippen LogP contribution in [0.4, 0.5) is 0 Å². The lowest BCUT2D eigenvalue weighted by Gasteiger charge is -2.17. The second-order valence-electron chi connectivity index (χ2n) is 4.86. The van der Waals surface area contributed by atoms with Gasteiger partial charge in [0, 0.05) is 0 Å². The molecule has 0 aromatic heterocycles. The van der Waals surface area contributed by atoms with E-state index in [0.717, 1.165) is 12.3 Å². The first-order valence-corrected chi connectivity index (χ1v) is 6.26. The van der Waals surface area contributed by atoms with Gasteiger partial charge >= 0.3 is 0 Å². The Kier molecular flexibility index (Phi) is 6.22. The van der Waals surface area contributed by atoms with Gasteiger partial charge in [-0.25, -0.2) is 0 Å². The van der Waals surface area contributed by atoms with E-state index in [0.29, 0.717) is 5.92 Å². The fraction of sp³-hybridized carbons (Fsp3) is 0.714. The van der Waals surface area contributed by atoms with Crippen molar-refractivity contribution in [1.29, 1.82) is 0 Å². The Bertz CT molecular complexity index is 197. The number of rotatable bonds is 5. The van der Waals surface area contributed by atoms with E-state index in [9.17, 15) is 0 Å². The van der Waals surface area contributed by atoms with Gasteiger partial charge < -0.3 is 4.74 Å². The van der Waals surface area contributed by atoms with Gasteiger partial charge in [0.2, 0.25) is 0 Å². The van der Waals surface area contributed by atoms with Crippen LogP contribution in [0.2, 0.25) is 0 Å². The molecule has 1 rings (SSSR count). The number of hydrogen-bond donors (Lipinski definition) is 0. The second kappa shape index (κ2) is 7.56. The van der Waals surface area contributed by atoms with Gasteiger partial charge in [0.15, 0.2) is 0 Å². The highest BCUT2D eigenvalue weighted by molar-refractivity contribution is 4.87. The Morgan fingerprint density at radius 2 is 1.87 bits per heavy atom. The summed E-state index contributed by atoms with van der Waals surface area (Å²) >= 11 is 0. The molecule has 0 spiro atoms. The van der Waals surface area contributed by atoms with E-state index in [4.69, 9.17) is 4.74 Å². The molecular formula is C14H24O. The molecule has 0 saturated heterocycles. The first kappa shape index (κ1) is 12.4. The summed E-state index contributed by atoms with van der Waals surface area (Å²) in [4.78, 5) is 0. The Morgan fingerprint density at radius 3 is 2.53 bits per heavy atom. The standard InChI is InChI=1S/C14H24O/c1-13(2)7-6-11-15-12-10-14-8-4-3-5-9-14/h6,10-14H,3-5,7-9H2,1-2H3. The summed E-state index contributed by atoms with van der Waals surface area (Å²) in [6.07, 6.45) is 15.9. The van der Waals surface area contributed by atoms with Crippen molar-refractivity contribution < 1.29 is 4.74 Å². The quantitative estimate of drug-likeness (QED) is 0.597. The molecule has 0 atom stereocenters. The zero-order valence-electron chi connectivity index (χ0n) is 10.1. The molecule has 0 radical (unpaired) electrons. The Morgan fingerprint density at radius 1 is 1.13 bits per heavy atom. The SMILES string of the molecule is CC(C)CC=COC=CC1CCCCC1. The molecule has 0 unspecified atom stereocenters. The number of allylic oxidation sites excluding steroid dienone is 2. The maximum atomic E-state index is 5.33. The van der Waals surface area contributed by atoms with Crippen molar-refractivity contribution in [1.82, 2.24) is 0 Å². The Balaban J connectivity index is 2.07. The predicted molar refractivity (Wildman–Crippen MR) is 65.4 cm³/mol. The average Bonchev–Trinajstić information content (AvgIpc) is 2.24. The molecule has 1 nitrogen and oxygen atoms in total. The highest BCUT2D eigenvalue weighted by atomic mass is 16.5. The monoisotopic (exact) mass is 208 g/mol. The lowest BCUT2D eigenvalue weighted by atomic mass is 9.89. The normalized spacial score (nSPS) is 19.4. The van der Waals surface area contributed by atoms with E-state index in [1.54, 1.807) is 6.26 Å². The molecule has 0 amide bonds. The first-order chi connectivity index (χ1) is 7.29. The summed E-state index contributed by atoms with van der Waals surface area (Å²) in [5.41, 5.74) is 0. The van der Waals surface area contributed by atoms with Gasteiger partial charge in [-0.2, -0.15) is 0 Å². The van der Waals surface area contributed by atoms with Crippen LogP contribution in [0.3, 0.4) is 0 Å². The summed E-state index contributed by atoms with van der Waals surface area (Å²) in [5, 5.41) is 0.